The summed E-state index contributed by atoms with van der Waals surface area (Å²) in [5, 5.41) is 0. The predicted octanol–water partition coefficient (Wildman–Crippen LogP) is 2.39. The highest BCUT2D eigenvalue weighted by Gasteiger charge is 2.45. The van der Waals surface area contributed by atoms with Crippen LogP contribution in [0, 0.1) is 5.92 Å². The minimum atomic E-state index is -2.60. The molecule has 0 aromatic heterocycles. The van der Waals surface area contributed by atoms with Crippen LogP contribution in [0.5, 0.6) is 0 Å². The molecule has 0 unspecified atom stereocenters. The number of rotatable bonds is 4. The number of ether oxygens (including phenoxy) is 1. The van der Waals surface area contributed by atoms with E-state index in [4.69, 9.17) is 4.74 Å². The van der Waals surface area contributed by atoms with Crippen LogP contribution in [-0.2, 0) is 4.74 Å². The van der Waals surface area contributed by atoms with Crippen molar-refractivity contribution < 1.29 is 13.5 Å². The molecule has 0 radical (unpaired) electrons. The Balaban J connectivity index is 2.57. The van der Waals surface area contributed by atoms with Crippen LogP contribution < -0.4 is 0 Å². The maximum atomic E-state index is 13.3. The van der Waals surface area contributed by atoms with Crippen LogP contribution in [0.4, 0.5) is 8.78 Å². The highest BCUT2D eigenvalue weighted by molar-refractivity contribution is 4.91. The fraction of sp³-hybridized carbons (Fsp3) is 1.00. The maximum Gasteiger partial charge on any atom is 0.249 e. The zero-order valence-corrected chi connectivity index (χ0v) is 9.96. The third-order valence-corrected chi connectivity index (χ3v) is 3.07. The topological polar surface area (TPSA) is 12.5 Å². The molecule has 2 nitrogen and oxygen atoms in total. The summed E-state index contributed by atoms with van der Waals surface area (Å²) in [6.07, 6.45) is 0.664. The van der Waals surface area contributed by atoms with E-state index in [-0.39, 0.29) is 12.1 Å². The lowest BCUT2D eigenvalue weighted by molar-refractivity contribution is -0.0694. The normalized spacial score (nSPS) is 29.0. The van der Waals surface area contributed by atoms with Crippen molar-refractivity contribution in [1.82, 2.24) is 4.90 Å². The molecule has 0 bridgehead atoms. The molecule has 2 atom stereocenters. The monoisotopic (exact) mass is 221 g/mol. The van der Waals surface area contributed by atoms with Gasteiger partial charge in [-0.1, -0.05) is 0 Å². The Morgan fingerprint density at radius 1 is 1.47 bits per heavy atom. The number of likely N-dealkylation sites (tertiary alicyclic amines) is 1. The summed E-state index contributed by atoms with van der Waals surface area (Å²) >= 11 is 0. The van der Waals surface area contributed by atoms with Crippen LogP contribution in [0.25, 0.3) is 0 Å². The molecule has 15 heavy (non-hydrogen) atoms. The highest BCUT2D eigenvalue weighted by atomic mass is 19.3. The minimum Gasteiger partial charge on any atom is -0.377 e. The summed E-state index contributed by atoms with van der Waals surface area (Å²) in [5.74, 6) is -3.17. The summed E-state index contributed by atoms with van der Waals surface area (Å²) in [5.41, 5.74) is 0. The lowest BCUT2D eigenvalue weighted by Gasteiger charge is -2.29. The number of halogens is 2. The Kier molecular flexibility index (Phi) is 4.06. The summed E-state index contributed by atoms with van der Waals surface area (Å²) in [4.78, 5) is 1.98. The molecule has 1 heterocycles. The van der Waals surface area contributed by atoms with Gasteiger partial charge in [-0.15, -0.1) is 0 Å². The molecular weight excluding hydrogens is 200 g/mol. The Hall–Kier alpha value is -0.220. The van der Waals surface area contributed by atoms with Gasteiger partial charge in [0.05, 0.1) is 12.7 Å². The van der Waals surface area contributed by atoms with Gasteiger partial charge < -0.3 is 9.64 Å². The molecule has 4 heteroatoms. The molecule has 0 amide bonds. The molecule has 1 saturated heterocycles. The molecule has 1 fully saturated rings. The highest BCUT2D eigenvalue weighted by Crippen LogP contribution is 2.36. The van der Waals surface area contributed by atoms with Gasteiger partial charge in [0, 0.05) is 12.0 Å². The van der Waals surface area contributed by atoms with Gasteiger partial charge in [-0.25, -0.2) is 8.78 Å². The van der Waals surface area contributed by atoms with E-state index in [1.165, 1.54) is 0 Å². The Morgan fingerprint density at radius 2 is 2.07 bits per heavy atom. The first-order valence-corrected chi connectivity index (χ1v) is 5.52. The van der Waals surface area contributed by atoms with Gasteiger partial charge in [0.25, 0.3) is 0 Å². The fourth-order valence-corrected chi connectivity index (χ4v) is 2.13. The Morgan fingerprint density at radius 3 is 2.53 bits per heavy atom. The van der Waals surface area contributed by atoms with Crippen molar-refractivity contribution in [2.24, 2.45) is 5.92 Å². The number of hydrogen-bond donors (Lipinski definition) is 0. The van der Waals surface area contributed by atoms with Crippen LogP contribution >= 0.6 is 0 Å². The van der Waals surface area contributed by atoms with Crippen molar-refractivity contribution in [3.05, 3.63) is 0 Å². The fourth-order valence-electron chi connectivity index (χ4n) is 2.13. The van der Waals surface area contributed by atoms with Gasteiger partial charge in [-0.3, -0.25) is 0 Å². The molecule has 0 N–H and O–H groups in total. The second kappa shape index (κ2) is 4.74. The van der Waals surface area contributed by atoms with Crippen molar-refractivity contribution in [2.75, 3.05) is 20.2 Å². The molecule has 0 aromatic rings. The molecule has 0 aliphatic carbocycles. The largest absolute Gasteiger partial charge is 0.377 e. The van der Waals surface area contributed by atoms with E-state index in [9.17, 15) is 8.78 Å². The lowest BCUT2D eigenvalue weighted by atomic mass is 9.94. The van der Waals surface area contributed by atoms with Crippen molar-refractivity contribution in [2.45, 2.75) is 45.3 Å². The van der Waals surface area contributed by atoms with Gasteiger partial charge in [0.15, 0.2) is 0 Å². The summed E-state index contributed by atoms with van der Waals surface area (Å²) in [7, 11) is 1.89. The SMILES string of the molecule is CC(C)OC[C@@H]1[C@@H](C(C)(F)F)CCN1C. The average molecular weight is 221 g/mol. The molecular formula is C11H21F2NO. The molecule has 1 aliphatic rings. The van der Waals surface area contributed by atoms with Crippen LogP contribution in [0.3, 0.4) is 0 Å². The maximum absolute atomic E-state index is 13.3. The second-order valence-electron chi connectivity index (χ2n) is 4.78. The Labute approximate surface area is 90.6 Å². The minimum absolute atomic E-state index is 0.102. The lowest BCUT2D eigenvalue weighted by Crippen LogP contribution is -2.41. The molecule has 0 aromatic carbocycles. The van der Waals surface area contributed by atoms with E-state index in [0.717, 1.165) is 13.5 Å². The molecule has 90 valence electrons. The van der Waals surface area contributed by atoms with Crippen molar-refractivity contribution in [3.8, 4) is 0 Å². The number of alkyl halides is 2. The molecule has 1 aliphatic heterocycles. The quantitative estimate of drug-likeness (QED) is 0.722. The van der Waals surface area contributed by atoms with Gasteiger partial charge in [0.1, 0.15) is 0 Å². The van der Waals surface area contributed by atoms with E-state index < -0.39 is 11.8 Å². The van der Waals surface area contributed by atoms with Gasteiger partial charge in [-0.05, 0) is 40.8 Å². The third-order valence-electron chi connectivity index (χ3n) is 3.07. The summed E-state index contributed by atoms with van der Waals surface area (Å²) in [6, 6.07) is -0.146. The Bertz CT molecular complexity index is 203. The van der Waals surface area contributed by atoms with Crippen LogP contribution in [-0.4, -0.2) is 43.2 Å². The molecule has 0 spiro atoms. The smallest absolute Gasteiger partial charge is 0.249 e. The average Bonchev–Trinajstić information content (AvgIpc) is 2.42. The van der Waals surface area contributed by atoms with Gasteiger partial charge in [-0.2, -0.15) is 0 Å². The van der Waals surface area contributed by atoms with E-state index in [0.29, 0.717) is 13.0 Å². The van der Waals surface area contributed by atoms with Gasteiger partial charge >= 0.3 is 0 Å². The molecule has 1 rings (SSSR count). The number of nitrogens with zero attached hydrogens (tertiary/aromatic N) is 1. The second-order valence-corrected chi connectivity index (χ2v) is 4.78. The first-order valence-electron chi connectivity index (χ1n) is 5.52. The predicted molar refractivity (Wildman–Crippen MR) is 56.2 cm³/mol. The summed E-state index contributed by atoms with van der Waals surface area (Å²) in [6.45, 7) is 6.00. The van der Waals surface area contributed by atoms with Crippen molar-refractivity contribution >= 4 is 0 Å². The van der Waals surface area contributed by atoms with Gasteiger partial charge in [0.2, 0.25) is 5.92 Å². The van der Waals surface area contributed by atoms with E-state index in [1.807, 2.05) is 25.8 Å². The van der Waals surface area contributed by atoms with Crippen molar-refractivity contribution in [1.29, 1.82) is 0 Å². The molecule has 0 saturated carbocycles. The van der Waals surface area contributed by atoms with Crippen LogP contribution in [0.1, 0.15) is 27.2 Å². The van der Waals surface area contributed by atoms with E-state index in [1.54, 1.807) is 0 Å². The van der Waals surface area contributed by atoms with Crippen LogP contribution in [0.15, 0.2) is 0 Å². The number of hydrogen-bond acceptors (Lipinski definition) is 2. The van der Waals surface area contributed by atoms with E-state index >= 15 is 0 Å². The first kappa shape index (κ1) is 12.8. The number of likely N-dealkylation sites (N-methyl/N-ethyl adjacent to an activating group) is 1. The van der Waals surface area contributed by atoms with Crippen LogP contribution in [0.2, 0.25) is 0 Å². The van der Waals surface area contributed by atoms with E-state index in [2.05, 4.69) is 0 Å². The first-order chi connectivity index (χ1) is 6.82. The zero-order chi connectivity index (χ0) is 11.6. The summed E-state index contributed by atoms with van der Waals surface area (Å²) < 4.78 is 32.0. The third kappa shape index (κ3) is 3.38. The standard InChI is InChI=1S/C11H21F2NO/c1-8(2)15-7-10-9(11(3,12)13)5-6-14(10)4/h8-10H,5-7H2,1-4H3/t9-,10+/m0/s1. The zero-order valence-electron chi connectivity index (χ0n) is 9.96. The van der Waals surface area contributed by atoms with Crippen molar-refractivity contribution in [3.63, 3.8) is 0 Å².